The van der Waals surface area contributed by atoms with Gasteiger partial charge in [0.2, 0.25) is 5.91 Å². The molecule has 0 saturated heterocycles. The van der Waals surface area contributed by atoms with Gasteiger partial charge >= 0.3 is 0 Å². The fourth-order valence-electron chi connectivity index (χ4n) is 1.72. The predicted octanol–water partition coefficient (Wildman–Crippen LogP) is -0.0703. The number of rotatable bonds is 8. The highest BCUT2D eigenvalue weighted by atomic mass is 32.2. The van der Waals surface area contributed by atoms with Gasteiger partial charge in [-0.25, -0.2) is 0 Å². The highest BCUT2D eigenvalue weighted by molar-refractivity contribution is 7.98. The number of aliphatic imine (C=N–C) groups is 1. The Bertz CT molecular complexity index is 545. The van der Waals surface area contributed by atoms with E-state index < -0.39 is 5.91 Å². The molecule has 0 bridgehead atoms. The molecule has 0 unspecified atom stereocenters. The van der Waals surface area contributed by atoms with Gasteiger partial charge in [0.1, 0.15) is 0 Å². The molecule has 126 valence electrons. The number of primary amides is 1. The number of benzene rings is 1. The van der Waals surface area contributed by atoms with E-state index in [1.54, 1.807) is 30.9 Å². The smallest absolute Gasteiger partial charge is 0.251 e. The topological polar surface area (TPSA) is 109 Å². The van der Waals surface area contributed by atoms with Crippen molar-refractivity contribution in [1.29, 1.82) is 0 Å². The molecule has 23 heavy (non-hydrogen) atoms. The lowest BCUT2D eigenvalue weighted by atomic mass is 10.1. The number of nitrogens with two attached hydrogens (primary N) is 1. The molecular weight excluding hydrogens is 314 g/mol. The van der Waals surface area contributed by atoms with Crippen molar-refractivity contribution in [1.82, 2.24) is 16.0 Å². The van der Waals surface area contributed by atoms with E-state index in [2.05, 4.69) is 27.2 Å². The first-order valence-electron chi connectivity index (χ1n) is 7.15. The number of amides is 2. The molecule has 0 radical (unpaired) electrons. The molecule has 0 aliphatic heterocycles. The maximum Gasteiger partial charge on any atom is 0.251 e. The molecule has 7 nitrogen and oxygen atoms in total. The summed E-state index contributed by atoms with van der Waals surface area (Å²) in [6.45, 7) is 1.28. The quantitative estimate of drug-likeness (QED) is 0.302. The Kier molecular flexibility index (Phi) is 8.59. The summed E-state index contributed by atoms with van der Waals surface area (Å²) in [7, 11) is 1.72. The van der Waals surface area contributed by atoms with Crippen LogP contribution in [-0.2, 0) is 11.3 Å². The molecule has 0 heterocycles. The second-order valence-corrected chi connectivity index (χ2v) is 5.68. The summed E-state index contributed by atoms with van der Waals surface area (Å²) < 4.78 is 0. The van der Waals surface area contributed by atoms with Crippen molar-refractivity contribution in [2.24, 2.45) is 10.7 Å². The Morgan fingerprint density at radius 2 is 1.87 bits per heavy atom. The van der Waals surface area contributed by atoms with E-state index in [0.717, 1.165) is 23.8 Å². The lowest BCUT2D eigenvalue weighted by molar-refractivity contribution is -0.117. The second-order valence-electron chi connectivity index (χ2n) is 4.69. The highest BCUT2D eigenvalue weighted by Gasteiger charge is 2.06. The Morgan fingerprint density at radius 3 is 2.43 bits per heavy atom. The molecule has 5 N–H and O–H groups in total. The molecule has 8 heteroatoms. The third-order valence-electron chi connectivity index (χ3n) is 2.92. The van der Waals surface area contributed by atoms with E-state index in [4.69, 9.17) is 5.73 Å². The summed E-state index contributed by atoms with van der Waals surface area (Å²) in [5.41, 5.74) is 6.49. The fourth-order valence-corrected chi connectivity index (χ4v) is 2.03. The summed E-state index contributed by atoms with van der Waals surface area (Å²) >= 11 is 1.77. The molecule has 1 aromatic carbocycles. The average Bonchev–Trinajstić information content (AvgIpc) is 2.56. The van der Waals surface area contributed by atoms with E-state index in [-0.39, 0.29) is 12.5 Å². The zero-order valence-corrected chi connectivity index (χ0v) is 14.2. The van der Waals surface area contributed by atoms with Crippen LogP contribution in [0.15, 0.2) is 29.3 Å². The number of nitrogens with zero attached hydrogens (tertiary/aromatic N) is 1. The van der Waals surface area contributed by atoms with Crippen molar-refractivity contribution in [2.75, 3.05) is 32.1 Å². The van der Waals surface area contributed by atoms with Crippen molar-refractivity contribution in [3.63, 3.8) is 0 Å². The summed E-state index contributed by atoms with van der Waals surface area (Å²) in [5.74, 6) is 0.857. The van der Waals surface area contributed by atoms with Crippen molar-refractivity contribution in [3.8, 4) is 0 Å². The van der Waals surface area contributed by atoms with Crippen LogP contribution in [0, 0.1) is 0 Å². The zero-order valence-electron chi connectivity index (χ0n) is 13.4. The highest BCUT2D eigenvalue weighted by Crippen LogP contribution is 2.04. The van der Waals surface area contributed by atoms with Crippen molar-refractivity contribution < 1.29 is 9.59 Å². The third-order valence-corrected chi connectivity index (χ3v) is 3.53. The van der Waals surface area contributed by atoms with Crippen LogP contribution in [0.5, 0.6) is 0 Å². The van der Waals surface area contributed by atoms with Crippen LogP contribution in [0.3, 0.4) is 0 Å². The normalized spacial score (nSPS) is 11.0. The van der Waals surface area contributed by atoms with Crippen LogP contribution >= 0.6 is 11.8 Å². The number of carbonyl (C=O) groups excluding carboxylic acids is 2. The summed E-state index contributed by atoms with van der Waals surface area (Å²) in [6.07, 6.45) is 2.05. The Balaban J connectivity index is 2.47. The number of guanidine groups is 1. The van der Waals surface area contributed by atoms with E-state index in [9.17, 15) is 9.59 Å². The molecule has 0 saturated carbocycles. The molecule has 1 aromatic rings. The summed E-state index contributed by atoms with van der Waals surface area (Å²) in [6, 6.07) is 7.11. The molecule has 0 aliphatic rings. The van der Waals surface area contributed by atoms with Gasteiger partial charge < -0.3 is 21.7 Å². The third kappa shape index (κ3) is 7.55. The van der Waals surface area contributed by atoms with Gasteiger partial charge in [0.05, 0.1) is 6.54 Å². The van der Waals surface area contributed by atoms with Gasteiger partial charge in [0.25, 0.3) is 5.91 Å². The Labute approximate surface area is 140 Å². The molecule has 0 aliphatic carbocycles. The van der Waals surface area contributed by atoms with Gasteiger partial charge in [-0.1, -0.05) is 12.1 Å². The first kappa shape index (κ1) is 18.8. The number of carbonyl (C=O) groups is 2. The van der Waals surface area contributed by atoms with Gasteiger partial charge in [0, 0.05) is 31.5 Å². The van der Waals surface area contributed by atoms with Gasteiger partial charge in [-0.3, -0.25) is 14.6 Å². The van der Waals surface area contributed by atoms with E-state index >= 15 is 0 Å². The maximum atomic E-state index is 11.8. The lowest BCUT2D eigenvalue weighted by Crippen LogP contribution is -2.37. The minimum atomic E-state index is -0.570. The van der Waals surface area contributed by atoms with Gasteiger partial charge in [-0.15, -0.1) is 0 Å². The monoisotopic (exact) mass is 337 g/mol. The number of thioether (sulfide) groups is 1. The van der Waals surface area contributed by atoms with Crippen LogP contribution in [0.25, 0.3) is 0 Å². The van der Waals surface area contributed by atoms with Crippen molar-refractivity contribution >= 4 is 29.5 Å². The lowest BCUT2D eigenvalue weighted by Gasteiger charge is -2.11. The second kappa shape index (κ2) is 10.5. The van der Waals surface area contributed by atoms with Crippen molar-refractivity contribution in [3.05, 3.63) is 35.4 Å². The SMILES string of the molecule is CN=C(NCCSC)NCc1ccc(C(=O)NCC(N)=O)cc1. The van der Waals surface area contributed by atoms with Crippen LogP contribution in [0.1, 0.15) is 15.9 Å². The van der Waals surface area contributed by atoms with Gasteiger partial charge in [-0.05, 0) is 24.0 Å². The standard InChI is InChI=1S/C15H23N5O2S/c1-17-15(18-7-8-23-2)20-9-11-3-5-12(6-4-11)14(22)19-10-13(16)21/h3-6H,7-10H2,1-2H3,(H2,16,21)(H,19,22)(H2,17,18,20). The minimum Gasteiger partial charge on any atom is -0.368 e. The molecule has 1 rings (SSSR count). The van der Waals surface area contributed by atoms with Crippen LogP contribution in [0.4, 0.5) is 0 Å². The molecule has 2 amide bonds. The Hall–Kier alpha value is -2.22. The molecular formula is C15H23N5O2S. The van der Waals surface area contributed by atoms with Crippen LogP contribution < -0.4 is 21.7 Å². The predicted molar refractivity (Wildman–Crippen MR) is 94.6 cm³/mol. The summed E-state index contributed by atoms with van der Waals surface area (Å²) in [5, 5.41) is 8.85. The molecule has 0 fully saturated rings. The minimum absolute atomic E-state index is 0.166. The molecule has 0 aromatic heterocycles. The average molecular weight is 337 g/mol. The fraction of sp³-hybridized carbons (Fsp3) is 0.400. The first-order chi connectivity index (χ1) is 11.1. The van der Waals surface area contributed by atoms with Gasteiger partial charge in [-0.2, -0.15) is 11.8 Å². The van der Waals surface area contributed by atoms with E-state index in [1.165, 1.54) is 0 Å². The number of hydrogen-bond donors (Lipinski definition) is 4. The zero-order chi connectivity index (χ0) is 17.1. The van der Waals surface area contributed by atoms with E-state index in [1.807, 2.05) is 12.1 Å². The van der Waals surface area contributed by atoms with E-state index in [0.29, 0.717) is 12.1 Å². The van der Waals surface area contributed by atoms with Gasteiger partial charge in [0.15, 0.2) is 5.96 Å². The number of hydrogen-bond acceptors (Lipinski definition) is 4. The van der Waals surface area contributed by atoms with Crippen molar-refractivity contribution in [2.45, 2.75) is 6.54 Å². The molecule has 0 atom stereocenters. The summed E-state index contributed by atoms with van der Waals surface area (Å²) in [4.78, 5) is 26.5. The van der Waals surface area contributed by atoms with Crippen LogP contribution in [0.2, 0.25) is 0 Å². The molecule has 0 spiro atoms. The maximum absolute atomic E-state index is 11.8. The van der Waals surface area contributed by atoms with Crippen LogP contribution in [-0.4, -0.2) is 49.9 Å². The first-order valence-corrected chi connectivity index (χ1v) is 8.55. The largest absolute Gasteiger partial charge is 0.368 e. The number of nitrogens with one attached hydrogen (secondary N) is 3. The Morgan fingerprint density at radius 1 is 1.17 bits per heavy atom.